The zero-order chi connectivity index (χ0) is 22.3. The molecular formula is C24H34N4O3S. The molecule has 3 atom stereocenters. The van der Waals surface area contributed by atoms with Crippen LogP contribution in [0.3, 0.4) is 0 Å². The third-order valence-electron chi connectivity index (χ3n) is 7.71. The second-order valence-electron chi connectivity index (χ2n) is 9.81. The SMILES string of the molecule is CC1CCCCC1NC(=O)C1(C)Cn2c(cc3sccc32)C(=O)N1CCN1CCOCC1. The van der Waals surface area contributed by atoms with E-state index in [9.17, 15) is 9.59 Å². The Labute approximate surface area is 193 Å². The van der Waals surface area contributed by atoms with Gasteiger partial charge >= 0.3 is 0 Å². The zero-order valence-corrected chi connectivity index (χ0v) is 20.0. The van der Waals surface area contributed by atoms with E-state index in [-0.39, 0.29) is 17.9 Å². The van der Waals surface area contributed by atoms with Gasteiger partial charge in [0.05, 0.1) is 30.0 Å². The van der Waals surface area contributed by atoms with Crippen molar-refractivity contribution in [2.45, 2.75) is 57.7 Å². The minimum atomic E-state index is -0.915. The van der Waals surface area contributed by atoms with Gasteiger partial charge in [-0.05, 0) is 43.2 Å². The van der Waals surface area contributed by atoms with Gasteiger partial charge in [-0.1, -0.05) is 19.8 Å². The molecule has 3 aliphatic rings. The highest BCUT2D eigenvalue weighted by atomic mass is 32.1. The van der Waals surface area contributed by atoms with Crippen molar-refractivity contribution >= 4 is 33.4 Å². The maximum absolute atomic E-state index is 13.8. The molecule has 0 aromatic carbocycles. The molecule has 0 bridgehead atoms. The lowest BCUT2D eigenvalue weighted by molar-refractivity contribution is -0.134. The maximum Gasteiger partial charge on any atom is 0.271 e. The number of nitrogens with one attached hydrogen (secondary N) is 1. The lowest BCUT2D eigenvalue weighted by Crippen LogP contribution is -2.66. The maximum atomic E-state index is 13.8. The minimum Gasteiger partial charge on any atom is -0.379 e. The monoisotopic (exact) mass is 458 g/mol. The van der Waals surface area contributed by atoms with E-state index in [4.69, 9.17) is 4.74 Å². The summed E-state index contributed by atoms with van der Waals surface area (Å²) >= 11 is 1.64. The summed E-state index contributed by atoms with van der Waals surface area (Å²) in [6, 6.07) is 4.24. The summed E-state index contributed by atoms with van der Waals surface area (Å²) in [5, 5.41) is 5.41. The standard InChI is InChI=1S/C24H34N4O3S/c1-17-5-3-4-6-18(17)25-23(30)24(2)16-27-19-7-14-32-21(19)15-20(27)22(29)28(24)9-8-26-10-12-31-13-11-26/h7,14-15,17-18H,3-6,8-13,16H2,1-2H3,(H,25,30). The Hall–Kier alpha value is -1.90. The molecule has 8 heteroatoms. The molecule has 7 nitrogen and oxygen atoms in total. The van der Waals surface area contributed by atoms with Gasteiger partial charge < -0.3 is 19.5 Å². The first-order chi connectivity index (χ1) is 15.5. The van der Waals surface area contributed by atoms with Crippen LogP contribution in [-0.2, 0) is 16.1 Å². The molecule has 5 rings (SSSR count). The van der Waals surface area contributed by atoms with Crippen LogP contribution in [0.4, 0.5) is 0 Å². The normalized spacial score (nSPS) is 29.3. The van der Waals surface area contributed by atoms with E-state index in [1.165, 1.54) is 6.42 Å². The third-order valence-corrected chi connectivity index (χ3v) is 8.56. The number of hydrogen-bond acceptors (Lipinski definition) is 5. The highest BCUT2D eigenvalue weighted by molar-refractivity contribution is 7.17. The van der Waals surface area contributed by atoms with Crippen molar-refractivity contribution in [3.8, 4) is 0 Å². The molecule has 4 heterocycles. The number of hydrogen-bond donors (Lipinski definition) is 1. The fraction of sp³-hybridized carbons (Fsp3) is 0.667. The Balaban J connectivity index is 1.43. The van der Waals surface area contributed by atoms with E-state index in [2.05, 4.69) is 27.8 Å². The first-order valence-corrected chi connectivity index (χ1v) is 12.8. The third kappa shape index (κ3) is 3.86. The fourth-order valence-corrected chi connectivity index (χ4v) is 6.37. The van der Waals surface area contributed by atoms with Crippen LogP contribution in [0, 0.1) is 5.92 Å². The van der Waals surface area contributed by atoms with Gasteiger partial charge in [-0.2, -0.15) is 0 Å². The predicted molar refractivity (Wildman–Crippen MR) is 126 cm³/mol. The molecule has 2 fully saturated rings. The first-order valence-electron chi connectivity index (χ1n) is 12.0. The topological polar surface area (TPSA) is 66.8 Å². The molecule has 32 heavy (non-hydrogen) atoms. The van der Waals surface area contributed by atoms with Crippen LogP contribution in [0.15, 0.2) is 17.5 Å². The summed E-state index contributed by atoms with van der Waals surface area (Å²) in [4.78, 5) is 31.7. The van der Waals surface area contributed by atoms with Crippen molar-refractivity contribution < 1.29 is 14.3 Å². The number of rotatable bonds is 5. The van der Waals surface area contributed by atoms with E-state index < -0.39 is 5.54 Å². The van der Waals surface area contributed by atoms with Crippen LogP contribution in [0.25, 0.3) is 10.2 Å². The van der Waals surface area contributed by atoms with Crippen molar-refractivity contribution in [3.63, 3.8) is 0 Å². The predicted octanol–water partition coefficient (Wildman–Crippen LogP) is 2.94. The number of carbonyl (C=O) groups is 2. The molecule has 2 aliphatic heterocycles. The fourth-order valence-electron chi connectivity index (χ4n) is 5.54. The number of aromatic nitrogens is 1. The highest BCUT2D eigenvalue weighted by Crippen LogP contribution is 2.35. The van der Waals surface area contributed by atoms with Crippen molar-refractivity contribution in [3.05, 3.63) is 23.2 Å². The van der Waals surface area contributed by atoms with Crippen molar-refractivity contribution in [1.82, 2.24) is 19.7 Å². The molecule has 2 amide bonds. The Morgan fingerprint density at radius 1 is 1.25 bits per heavy atom. The summed E-state index contributed by atoms with van der Waals surface area (Å²) in [5.74, 6) is 0.416. The number of ether oxygens (including phenoxy) is 1. The number of carbonyl (C=O) groups excluding carboxylic acids is 2. The average molecular weight is 459 g/mol. The van der Waals surface area contributed by atoms with Gasteiger partial charge in [-0.3, -0.25) is 14.5 Å². The van der Waals surface area contributed by atoms with Gasteiger partial charge in [0.2, 0.25) is 5.91 Å². The number of amides is 2. The second-order valence-corrected chi connectivity index (χ2v) is 10.8. The number of thiophene rings is 1. The Bertz CT molecular complexity index is 995. The van der Waals surface area contributed by atoms with E-state index in [0.717, 1.165) is 62.3 Å². The Morgan fingerprint density at radius 2 is 2.03 bits per heavy atom. The molecule has 3 unspecified atom stereocenters. The second kappa shape index (κ2) is 8.80. The van der Waals surface area contributed by atoms with Crippen LogP contribution < -0.4 is 5.32 Å². The first kappa shape index (κ1) is 21.9. The van der Waals surface area contributed by atoms with Crippen LogP contribution in [-0.4, -0.2) is 77.2 Å². The molecule has 174 valence electrons. The molecule has 1 saturated heterocycles. The Morgan fingerprint density at radius 3 is 2.81 bits per heavy atom. The summed E-state index contributed by atoms with van der Waals surface area (Å²) in [5.41, 5.74) is 0.836. The summed E-state index contributed by atoms with van der Waals surface area (Å²) in [6.45, 7) is 9.17. The van der Waals surface area contributed by atoms with E-state index >= 15 is 0 Å². The summed E-state index contributed by atoms with van der Waals surface area (Å²) in [7, 11) is 0. The highest BCUT2D eigenvalue weighted by Gasteiger charge is 2.48. The van der Waals surface area contributed by atoms with Gasteiger partial charge in [-0.15, -0.1) is 11.3 Å². The zero-order valence-electron chi connectivity index (χ0n) is 19.1. The molecule has 0 spiro atoms. The Kier molecular flexibility index (Phi) is 6.03. The van der Waals surface area contributed by atoms with E-state index in [1.54, 1.807) is 11.3 Å². The van der Waals surface area contributed by atoms with E-state index in [0.29, 0.717) is 24.7 Å². The molecule has 2 aromatic rings. The quantitative estimate of drug-likeness (QED) is 0.748. The molecule has 0 radical (unpaired) electrons. The van der Waals surface area contributed by atoms with Crippen LogP contribution >= 0.6 is 11.3 Å². The lowest BCUT2D eigenvalue weighted by atomic mass is 9.85. The van der Waals surface area contributed by atoms with Crippen LogP contribution in [0.5, 0.6) is 0 Å². The van der Waals surface area contributed by atoms with Crippen LogP contribution in [0.1, 0.15) is 50.0 Å². The molecular weight excluding hydrogens is 424 g/mol. The van der Waals surface area contributed by atoms with Crippen molar-refractivity contribution in [2.24, 2.45) is 5.92 Å². The molecule has 1 saturated carbocycles. The molecule has 1 N–H and O–H groups in total. The van der Waals surface area contributed by atoms with Crippen LogP contribution in [0.2, 0.25) is 0 Å². The minimum absolute atomic E-state index is 0.0192. The van der Waals surface area contributed by atoms with Gasteiger partial charge in [0.15, 0.2) is 0 Å². The van der Waals surface area contributed by atoms with Crippen molar-refractivity contribution in [2.75, 3.05) is 39.4 Å². The largest absolute Gasteiger partial charge is 0.379 e. The molecule has 1 aliphatic carbocycles. The summed E-state index contributed by atoms with van der Waals surface area (Å²) in [6.07, 6.45) is 4.56. The summed E-state index contributed by atoms with van der Waals surface area (Å²) < 4.78 is 8.63. The van der Waals surface area contributed by atoms with E-state index in [1.807, 2.05) is 23.3 Å². The number of fused-ring (bicyclic) bond motifs is 3. The van der Waals surface area contributed by atoms with Gasteiger partial charge in [-0.25, -0.2) is 0 Å². The smallest absolute Gasteiger partial charge is 0.271 e. The van der Waals surface area contributed by atoms with Gasteiger partial charge in [0.25, 0.3) is 5.91 Å². The number of nitrogens with zero attached hydrogens (tertiary/aromatic N) is 3. The van der Waals surface area contributed by atoms with Gasteiger partial charge in [0.1, 0.15) is 11.2 Å². The molecule has 2 aromatic heterocycles. The van der Waals surface area contributed by atoms with Gasteiger partial charge in [0, 0.05) is 32.2 Å². The number of morpholine rings is 1. The lowest BCUT2D eigenvalue weighted by Gasteiger charge is -2.46. The average Bonchev–Trinajstić information content (AvgIpc) is 3.38. The van der Waals surface area contributed by atoms with Crippen molar-refractivity contribution in [1.29, 1.82) is 0 Å².